The molecule has 2 heterocycles. The molecule has 0 atom stereocenters. The Morgan fingerprint density at radius 1 is 1.33 bits per heavy atom. The number of anilines is 1. The van der Waals surface area contributed by atoms with E-state index < -0.39 is 0 Å². The average Bonchev–Trinajstić information content (AvgIpc) is 2.88. The summed E-state index contributed by atoms with van der Waals surface area (Å²) >= 11 is 0. The zero-order valence-corrected chi connectivity index (χ0v) is 10.6. The lowest BCUT2D eigenvalue weighted by molar-refractivity contribution is 0.150. The minimum absolute atomic E-state index is 0.291. The molecule has 1 saturated carbocycles. The highest BCUT2D eigenvalue weighted by Crippen LogP contribution is 2.25. The van der Waals surface area contributed by atoms with E-state index in [9.17, 15) is 0 Å². The van der Waals surface area contributed by atoms with Gasteiger partial charge in [0.2, 0.25) is 5.65 Å². The van der Waals surface area contributed by atoms with E-state index in [0.717, 1.165) is 24.3 Å². The van der Waals surface area contributed by atoms with E-state index in [1.807, 2.05) is 23.8 Å². The topological polar surface area (TPSA) is 51.5 Å². The fraction of sp³-hybridized carbons (Fsp3) is 0.538. The van der Waals surface area contributed by atoms with Crippen LogP contribution in [0.5, 0.6) is 5.88 Å². The van der Waals surface area contributed by atoms with Crippen molar-refractivity contribution in [3.05, 3.63) is 18.6 Å². The van der Waals surface area contributed by atoms with Gasteiger partial charge in [-0.25, -0.2) is 4.98 Å². The van der Waals surface area contributed by atoms with E-state index in [0.29, 0.717) is 12.0 Å². The van der Waals surface area contributed by atoms with Crippen LogP contribution in [0.2, 0.25) is 0 Å². The molecule has 2 aromatic heterocycles. The van der Waals surface area contributed by atoms with E-state index >= 15 is 0 Å². The van der Waals surface area contributed by atoms with Gasteiger partial charge in [-0.1, -0.05) is 6.42 Å². The Balaban J connectivity index is 1.91. The number of rotatable bonds is 3. The maximum absolute atomic E-state index is 6.03. The van der Waals surface area contributed by atoms with Crippen molar-refractivity contribution in [3.8, 4) is 5.88 Å². The maximum atomic E-state index is 6.03. The first-order valence-electron chi connectivity index (χ1n) is 6.55. The Bertz CT molecular complexity index is 531. The molecule has 3 rings (SSSR count). The standard InChI is InChI=1S/C13H18N4O/c1-14-11-9-17-8-7-15-12(17)13(16-11)18-10-5-3-2-4-6-10/h7-10,14H,2-6H2,1H3. The van der Waals surface area contributed by atoms with Crippen molar-refractivity contribution in [1.82, 2.24) is 14.4 Å². The molecule has 2 aromatic rings. The van der Waals surface area contributed by atoms with Crippen LogP contribution in [0, 0.1) is 0 Å². The minimum Gasteiger partial charge on any atom is -0.472 e. The molecular formula is C13H18N4O. The lowest BCUT2D eigenvalue weighted by Gasteiger charge is -2.22. The van der Waals surface area contributed by atoms with Crippen LogP contribution in [0.1, 0.15) is 32.1 Å². The van der Waals surface area contributed by atoms with Crippen molar-refractivity contribution in [2.24, 2.45) is 0 Å². The van der Waals surface area contributed by atoms with Gasteiger partial charge in [-0.2, -0.15) is 4.98 Å². The maximum Gasteiger partial charge on any atom is 0.260 e. The summed E-state index contributed by atoms with van der Waals surface area (Å²) in [4.78, 5) is 8.78. The van der Waals surface area contributed by atoms with Crippen LogP contribution in [-0.4, -0.2) is 27.5 Å². The summed E-state index contributed by atoms with van der Waals surface area (Å²) in [6.07, 6.45) is 12.0. The molecule has 1 N–H and O–H groups in total. The van der Waals surface area contributed by atoms with E-state index in [4.69, 9.17) is 4.74 Å². The first-order valence-corrected chi connectivity index (χ1v) is 6.55. The van der Waals surface area contributed by atoms with Crippen LogP contribution >= 0.6 is 0 Å². The number of hydrogen-bond donors (Lipinski definition) is 1. The van der Waals surface area contributed by atoms with Crippen LogP contribution in [0.25, 0.3) is 5.65 Å². The lowest BCUT2D eigenvalue weighted by Crippen LogP contribution is -2.20. The molecule has 5 heteroatoms. The van der Waals surface area contributed by atoms with Gasteiger partial charge in [-0.05, 0) is 25.7 Å². The molecule has 0 amide bonds. The first-order chi connectivity index (χ1) is 8.86. The molecular weight excluding hydrogens is 228 g/mol. The molecule has 0 radical (unpaired) electrons. The Morgan fingerprint density at radius 3 is 2.94 bits per heavy atom. The number of fused-ring (bicyclic) bond motifs is 1. The molecule has 5 nitrogen and oxygen atoms in total. The van der Waals surface area contributed by atoms with E-state index in [-0.39, 0.29) is 0 Å². The highest BCUT2D eigenvalue weighted by molar-refractivity contribution is 5.53. The Labute approximate surface area is 106 Å². The summed E-state index contributed by atoms with van der Waals surface area (Å²) in [5, 5.41) is 3.05. The monoisotopic (exact) mass is 246 g/mol. The van der Waals surface area contributed by atoms with Crippen molar-refractivity contribution in [1.29, 1.82) is 0 Å². The molecule has 0 aliphatic heterocycles. The van der Waals surface area contributed by atoms with Crippen LogP contribution < -0.4 is 10.1 Å². The average molecular weight is 246 g/mol. The van der Waals surface area contributed by atoms with Gasteiger partial charge in [0.05, 0.1) is 6.20 Å². The van der Waals surface area contributed by atoms with Crippen molar-refractivity contribution in [2.75, 3.05) is 12.4 Å². The van der Waals surface area contributed by atoms with E-state index in [1.54, 1.807) is 6.20 Å². The van der Waals surface area contributed by atoms with Gasteiger partial charge in [0.15, 0.2) is 0 Å². The second-order valence-corrected chi connectivity index (χ2v) is 4.72. The predicted octanol–water partition coefficient (Wildman–Crippen LogP) is 2.48. The predicted molar refractivity (Wildman–Crippen MR) is 70.0 cm³/mol. The number of nitrogens with one attached hydrogen (secondary N) is 1. The molecule has 96 valence electrons. The number of aromatic nitrogens is 3. The quantitative estimate of drug-likeness (QED) is 0.904. The molecule has 0 spiro atoms. The highest BCUT2D eigenvalue weighted by Gasteiger charge is 2.18. The van der Waals surface area contributed by atoms with Gasteiger partial charge >= 0.3 is 0 Å². The van der Waals surface area contributed by atoms with Gasteiger partial charge in [0.1, 0.15) is 11.9 Å². The van der Waals surface area contributed by atoms with Gasteiger partial charge in [0.25, 0.3) is 5.88 Å². The Kier molecular flexibility index (Phi) is 3.04. The molecule has 0 aromatic carbocycles. The van der Waals surface area contributed by atoms with Crippen molar-refractivity contribution in [2.45, 2.75) is 38.2 Å². The molecule has 1 aliphatic carbocycles. The number of hydrogen-bond acceptors (Lipinski definition) is 4. The van der Waals surface area contributed by atoms with E-state index in [2.05, 4.69) is 15.3 Å². The summed E-state index contributed by atoms with van der Waals surface area (Å²) < 4.78 is 7.98. The molecule has 1 aliphatic rings. The van der Waals surface area contributed by atoms with Gasteiger partial charge in [-0.3, -0.25) is 4.40 Å². The zero-order chi connectivity index (χ0) is 12.4. The fourth-order valence-electron chi connectivity index (χ4n) is 2.44. The van der Waals surface area contributed by atoms with Crippen LogP contribution in [0.4, 0.5) is 5.82 Å². The summed E-state index contributed by atoms with van der Waals surface area (Å²) in [7, 11) is 1.86. The third kappa shape index (κ3) is 2.12. The summed E-state index contributed by atoms with van der Waals surface area (Å²) in [5.41, 5.74) is 0.791. The first kappa shape index (κ1) is 11.3. The van der Waals surface area contributed by atoms with Crippen LogP contribution in [0.15, 0.2) is 18.6 Å². The van der Waals surface area contributed by atoms with Gasteiger partial charge in [-0.15, -0.1) is 0 Å². The molecule has 18 heavy (non-hydrogen) atoms. The molecule has 0 bridgehead atoms. The summed E-state index contributed by atoms with van der Waals surface area (Å²) in [5.74, 6) is 1.44. The summed E-state index contributed by atoms with van der Waals surface area (Å²) in [6.45, 7) is 0. The number of ether oxygens (including phenoxy) is 1. The normalized spacial score (nSPS) is 16.9. The molecule has 0 saturated heterocycles. The molecule has 0 unspecified atom stereocenters. The Hall–Kier alpha value is -1.78. The third-order valence-corrected chi connectivity index (χ3v) is 3.43. The highest BCUT2D eigenvalue weighted by atomic mass is 16.5. The zero-order valence-electron chi connectivity index (χ0n) is 10.6. The second-order valence-electron chi connectivity index (χ2n) is 4.72. The van der Waals surface area contributed by atoms with Crippen LogP contribution in [0.3, 0.4) is 0 Å². The smallest absolute Gasteiger partial charge is 0.260 e. The lowest BCUT2D eigenvalue weighted by atomic mass is 9.98. The van der Waals surface area contributed by atoms with Crippen molar-refractivity contribution in [3.63, 3.8) is 0 Å². The summed E-state index contributed by atoms with van der Waals surface area (Å²) in [6, 6.07) is 0. The fourth-order valence-corrected chi connectivity index (χ4v) is 2.44. The van der Waals surface area contributed by atoms with E-state index in [1.165, 1.54) is 19.3 Å². The van der Waals surface area contributed by atoms with Crippen LogP contribution in [-0.2, 0) is 0 Å². The van der Waals surface area contributed by atoms with Gasteiger partial charge < -0.3 is 10.1 Å². The second kappa shape index (κ2) is 4.84. The largest absolute Gasteiger partial charge is 0.472 e. The molecule has 1 fully saturated rings. The van der Waals surface area contributed by atoms with Crippen molar-refractivity contribution < 1.29 is 4.74 Å². The third-order valence-electron chi connectivity index (χ3n) is 3.43. The van der Waals surface area contributed by atoms with Gasteiger partial charge in [0, 0.05) is 19.4 Å². The Morgan fingerprint density at radius 2 is 2.17 bits per heavy atom. The minimum atomic E-state index is 0.291. The van der Waals surface area contributed by atoms with Crippen molar-refractivity contribution >= 4 is 11.5 Å². The number of nitrogens with zero attached hydrogens (tertiary/aromatic N) is 3. The SMILES string of the molecule is CNc1cn2ccnc2c(OC2CCCCC2)n1. The number of imidazole rings is 1.